The monoisotopic (exact) mass is 263 g/mol. The fourth-order valence-corrected chi connectivity index (χ4v) is 2.25. The summed E-state index contributed by atoms with van der Waals surface area (Å²) in [6.07, 6.45) is 0. The number of hydrogen-bond acceptors (Lipinski definition) is 2. The largest absolute Gasteiger partial charge is 0.457 e. The molecule has 2 nitrogen and oxygen atoms in total. The summed E-state index contributed by atoms with van der Waals surface area (Å²) < 4.78 is 5.90. The molecule has 0 fully saturated rings. The molecule has 2 heteroatoms. The third kappa shape index (κ3) is 2.81. The smallest absolute Gasteiger partial charge is 0.128 e. The van der Waals surface area contributed by atoms with Crippen LogP contribution in [-0.4, -0.2) is 7.05 Å². The summed E-state index contributed by atoms with van der Waals surface area (Å²) in [4.78, 5) is 0. The van der Waals surface area contributed by atoms with Crippen LogP contribution in [0.25, 0.3) is 10.8 Å². The van der Waals surface area contributed by atoms with Gasteiger partial charge in [-0.1, -0.05) is 42.5 Å². The SMILES string of the molecule is CNCc1ccc(Oc2ccc3ccccc3c2)cc1. The summed E-state index contributed by atoms with van der Waals surface area (Å²) >= 11 is 0. The van der Waals surface area contributed by atoms with E-state index in [9.17, 15) is 0 Å². The summed E-state index contributed by atoms with van der Waals surface area (Å²) in [7, 11) is 1.94. The second-order valence-corrected chi connectivity index (χ2v) is 4.79. The Morgan fingerprint density at radius 1 is 0.800 bits per heavy atom. The molecule has 0 aliphatic rings. The van der Waals surface area contributed by atoms with Gasteiger partial charge >= 0.3 is 0 Å². The van der Waals surface area contributed by atoms with Gasteiger partial charge in [-0.25, -0.2) is 0 Å². The van der Waals surface area contributed by atoms with Gasteiger partial charge in [-0.2, -0.15) is 0 Å². The third-order valence-electron chi connectivity index (χ3n) is 3.26. The first-order valence-electron chi connectivity index (χ1n) is 6.75. The molecule has 0 atom stereocenters. The maximum absolute atomic E-state index is 5.90. The molecule has 0 amide bonds. The minimum atomic E-state index is 0.861. The lowest BCUT2D eigenvalue weighted by Crippen LogP contribution is -2.04. The molecule has 0 spiro atoms. The minimum absolute atomic E-state index is 0.861. The van der Waals surface area contributed by atoms with Gasteiger partial charge in [0.25, 0.3) is 0 Å². The van der Waals surface area contributed by atoms with Gasteiger partial charge in [0.1, 0.15) is 11.5 Å². The lowest BCUT2D eigenvalue weighted by Gasteiger charge is -2.08. The van der Waals surface area contributed by atoms with E-state index in [2.05, 4.69) is 41.7 Å². The second-order valence-electron chi connectivity index (χ2n) is 4.79. The molecule has 0 heterocycles. The summed E-state index contributed by atoms with van der Waals surface area (Å²) in [5.41, 5.74) is 1.25. The van der Waals surface area contributed by atoms with Gasteiger partial charge in [0, 0.05) is 6.54 Å². The topological polar surface area (TPSA) is 21.3 Å². The molecule has 0 saturated carbocycles. The standard InChI is InChI=1S/C18H17NO/c1-19-13-14-6-9-17(10-7-14)20-18-11-8-15-4-2-3-5-16(15)12-18/h2-12,19H,13H2,1H3. The molecule has 3 aromatic carbocycles. The number of rotatable bonds is 4. The van der Waals surface area contributed by atoms with E-state index in [1.165, 1.54) is 16.3 Å². The number of ether oxygens (including phenoxy) is 1. The van der Waals surface area contributed by atoms with Crippen molar-refractivity contribution >= 4 is 10.8 Å². The molecule has 20 heavy (non-hydrogen) atoms. The van der Waals surface area contributed by atoms with Crippen LogP contribution in [0.2, 0.25) is 0 Å². The fraction of sp³-hybridized carbons (Fsp3) is 0.111. The Morgan fingerprint density at radius 3 is 2.25 bits per heavy atom. The number of nitrogens with one attached hydrogen (secondary N) is 1. The van der Waals surface area contributed by atoms with Crippen molar-refractivity contribution < 1.29 is 4.74 Å². The van der Waals surface area contributed by atoms with Gasteiger partial charge in [-0.3, -0.25) is 0 Å². The quantitative estimate of drug-likeness (QED) is 0.755. The molecular weight excluding hydrogens is 246 g/mol. The Balaban J connectivity index is 1.81. The summed E-state index contributed by atoms with van der Waals surface area (Å²) in [5.74, 6) is 1.73. The van der Waals surface area contributed by atoms with Gasteiger partial charge in [0.15, 0.2) is 0 Å². The first-order chi connectivity index (χ1) is 9.85. The molecule has 0 bridgehead atoms. The van der Waals surface area contributed by atoms with Crippen LogP contribution in [0, 0.1) is 0 Å². The lowest BCUT2D eigenvalue weighted by molar-refractivity contribution is 0.483. The summed E-state index contributed by atoms with van der Waals surface area (Å²) in [6.45, 7) is 0.871. The first kappa shape index (κ1) is 12.7. The van der Waals surface area contributed by atoms with E-state index < -0.39 is 0 Å². The zero-order valence-corrected chi connectivity index (χ0v) is 11.5. The molecule has 100 valence electrons. The zero-order valence-electron chi connectivity index (χ0n) is 11.5. The van der Waals surface area contributed by atoms with Gasteiger partial charge in [-0.05, 0) is 47.6 Å². The van der Waals surface area contributed by atoms with Gasteiger partial charge in [0.05, 0.1) is 0 Å². The number of fused-ring (bicyclic) bond motifs is 1. The van der Waals surface area contributed by atoms with Crippen LogP contribution in [0.15, 0.2) is 66.7 Å². The Bertz CT molecular complexity index is 704. The van der Waals surface area contributed by atoms with Crippen LogP contribution in [0.5, 0.6) is 11.5 Å². The van der Waals surface area contributed by atoms with Crippen molar-refractivity contribution in [3.05, 3.63) is 72.3 Å². The van der Waals surface area contributed by atoms with Crippen LogP contribution in [-0.2, 0) is 6.54 Å². The van der Waals surface area contributed by atoms with Gasteiger partial charge in [0.2, 0.25) is 0 Å². The van der Waals surface area contributed by atoms with Crippen LogP contribution in [0.4, 0.5) is 0 Å². The molecule has 0 unspecified atom stereocenters. The summed E-state index contributed by atoms with van der Waals surface area (Å²) in [6, 6.07) is 22.6. The predicted molar refractivity (Wildman–Crippen MR) is 83.2 cm³/mol. The Hall–Kier alpha value is -2.32. The van der Waals surface area contributed by atoms with Crippen molar-refractivity contribution in [2.75, 3.05) is 7.05 Å². The summed E-state index contributed by atoms with van der Waals surface area (Å²) in [5, 5.41) is 5.55. The maximum atomic E-state index is 5.90. The van der Waals surface area contributed by atoms with E-state index in [1.807, 2.05) is 37.4 Å². The van der Waals surface area contributed by atoms with Crippen molar-refractivity contribution in [1.29, 1.82) is 0 Å². The van der Waals surface area contributed by atoms with E-state index in [0.29, 0.717) is 0 Å². The fourth-order valence-electron chi connectivity index (χ4n) is 2.25. The van der Waals surface area contributed by atoms with Gasteiger partial charge < -0.3 is 10.1 Å². The van der Waals surface area contributed by atoms with Gasteiger partial charge in [-0.15, -0.1) is 0 Å². The van der Waals surface area contributed by atoms with Crippen molar-refractivity contribution in [3.63, 3.8) is 0 Å². The molecular formula is C18H17NO. The average molecular weight is 263 g/mol. The number of hydrogen-bond donors (Lipinski definition) is 1. The zero-order chi connectivity index (χ0) is 13.8. The average Bonchev–Trinajstić information content (AvgIpc) is 2.49. The lowest BCUT2D eigenvalue weighted by atomic mass is 10.1. The molecule has 0 saturated heterocycles. The predicted octanol–water partition coefficient (Wildman–Crippen LogP) is 4.35. The van der Waals surface area contributed by atoms with Crippen molar-refractivity contribution in [3.8, 4) is 11.5 Å². The number of benzene rings is 3. The van der Waals surface area contributed by atoms with Crippen LogP contribution in [0.3, 0.4) is 0 Å². The maximum Gasteiger partial charge on any atom is 0.128 e. The van der Waals surface area contributed by atoms with E-state index >= 15 is 0 Å². The van der Waals surface area contributed by atoms with E-state index in [1.54, 1.807) is 0 Å². The molecule has 3 aromatic rings. The highest BCUT2D eigenvalue weighted by molar-refractivity contribution is 5.83. The molecule has 0 radical (unpaired) electrons. The van der Waals surface area contributed by atoms with E-state index in [4.69, 9.17) is 4.74 Å². The van der Waals surface area contributed by atoms with Crippen LogP contribution < -0.4 is 10.1 Å². The first-order valence-corrected chi connectivity index (χ1v) is 6.75. The highest BCUT2D eigenvalue weighted by Crippen LogP contribution is 2.25. The molecule has 0 aromatic heterocycles. The molecule has 0 aliphatic heterocycles. The van der Waals surface area contributed by atoms with Crippen LogP contribution >= 0.6 is 0 Å². The highest BCUT2D eigenvalue weighted by Gasteiger charge is 1.99. The van der Waals surface area contributed by atoms with E-state index in [-0.39, 0.29) is 0 Å². The molecule has 3 rings (SSSR count). The highest BCUT2D eigenvalue weighted by atomic mass is 16.5. The third-order valence-corrected chi connectivity index (χ3v) is 3.26. The van der Waals surface area contributed by atoms with Crippen molar-refractivity contribution in [1.82, 2.24) is 5.32 Å². The molecule has 1 N–H and O–H groups in total. The minimum Gasteiger partial charge on any atom is -0.457 e. The Morgan fingerprint density at radius 2 is 1.50 bits per heavy atom. The Labute approximate surface area is 119 Å². The molecule has 0 aliphatic carbocycles. The second kappa shape index (κ2) is 5.76. The normalized spacial score (nSPS) is 10.7. The Kier molecular flexibility index (Phi) is 3.66. The van der Waals surface area contributed by atoms with Crippen molar-refractivity contribution in [2.45, 2.75) is 6.54 Å². The van der Waals surface area contributed by atoms with E-state index in [0.717, 1.165) is 18.0 Å². The van der Waals surface area contributed by atoms with Crippen molar-refractivity contribution in [2.24, 2.45) is 0 Å². The van der Waals surface area contributed by atoms with Crippen LogP contribution in [0.1, 0.15) is 5.56 Å².